The fourth-order valence-electron chi connectivity index (χ4n) is 5.70. The van der Waals surface area contributed by atoms with Crippen molar-refractivity contribution in [2.45, 2.75) is 64.2 Å². The van der Waals surface area contributed by atoms with E-state index in [0.717, 1.165) is 17.8 Å². The highest BCUT2D eigenvalue weighted by Gasteiger charge is 2.35. The van der Waals surface area contributed by atoms with E-state index in [-0.39, 0.29) is 5.97 Å². The average Bonchev–Trinajstić information content (AvgIpc) is 2.84. The molecule has 0 heterocycles. The van der Waals surface area contributed by atoms with Crippen molar-refractivity contribution in [2.75, 3.05) is 0 Å². The van der Waals surface area contributed by atoms with Crippen molar-refractivity contribution in [1.82, 2.24) is 0 Å². The van der Waals surface area contributed by atoms with Gasteiger partial charge in [0.25, 0.3) is 0 Å². The fourth-order valence-corrected chi connectivity index (χ4v) is 5.70. The Kier molecular flexibility index (Phi) is 7.43. The normalized spacial score (nSPS) is 25.1. The lowest BCUT2D eigenvalue weighted by Gasteiger charge is -2.42. The minimum atomic E-state index is -0.360. The van der Waals surface area contributed by atoms with E-state index in [1.165, 1.54) is 56.9 Å². The van der Waals surface area contributed by atoms with Crippen molar-refractivity contribution in [3.05, 3.63) is 77.4 Å². The van der Waals surface area contributed by atoms with Gasteiger partial charge >= 0.3 is 5.97 Å². The first-order valence-electron chi connectivity index (χ1n) is 12.1. The Hall–Kier alpha value is -2.86. The maximum Gasteiger partial charge on any atom is 0.343 e. The van der Waals surface area contributed by atoms with Gasteiger partial charge in [-0.15, -0.1) is 0 Å². The topological polar surface area (TPSA) is 50.1 Å². The Morgan fingerprint density at radius 3 is 2.44 bits per heavy atom. The molecule has 4 unspecified atom stereocenters. The van der Waals surface area contributed by atoms with Crippen LogP contribution in [0, 0.1) is 29.1 Å². The maximum atomic E-state index is 12.5. The molecule has 166 valence electrons. The largest absolute Gasteiger partial charge is 0.423 e. The molecule has 2 aliphatic rings. The third-order valence-electron chi connectivity index (χ3n) is 7.51. The Balaban J connectivity index is 1.31. The van der Waals surface area contributed by atoms with E-state index in [1.807, 2.05) is 12.1 Å². The fraction of sp³-hybridized carbons (Fsp3) is 0.448. The summed E-state index contributed by atoms with van der Waals surface area (Å²) in [5.74, 6) is 3.41. The number of carbonyl (C=O) groups is 1. The van der Waals surface area contributed by atoms with Gasteiger partial charge in [0.15, 0.2) is 0 Å². The first kappa shape index (κ1) is 22.3. The third kappa shape index (κ3) is 5.49. The summed E-state index contributed by atoms with van der Waals surface area (Å²) in [6.45, 7) is 2.11. The van der Waals surface area contributed by atoms with Gasteiger partial charge in [-0.3, -0.25) is 0 Å². The zero-order chi connectivity index (χ0) is 22.3. The number of fused-ring (bicyclic) bond motifs is 1. The molecule has 2 aromatic carbocycles. The van der Waals surface area contributed by atoms with Crippen LogP contribution in [0.1, 0.15) is 85.7 Å². The maximum absolute atomic E-state index is 12.5. The van der Waals surface area contributed by atoms with Gasteiger partial charge in [-0.1, -0.05) is 30.7 Å². The van der Waals surface area contributed by atoms with Gasteiger partial charge in [-0.05, 0) is 118 Å². The molecule has 3 heteroatoms. The van der Waals surface area contributed by atoms with Gasteiger partial charge < -0.3 is 4.74 Å². The number of carbonyl (C=O) groups excluding carboxylic acids is 1. The Morgan fingerprint density at radius 1 is 1.00 bits per heavy atom. The van der Waals surface area contributed by atoms with Gasteiger partial charge in [0.1, 0.15) is 5.75 Å². The highest BCUT2D eigenvalue weighted by atomic mass is 16.5. The van der Waals surface area contributed by atoms with Gasteiger partial charge in [0, 0.05) is 0 Å². The summed E-state index contributed by atoms with van der Waals surface area (Å²) in [5, 5.41) is 8.88. The number of allylic oxidation sites excluding steroid dienone is 2. The molecule has 0 spiro atoms. The molecule has 0 saturated heterocycles. The summed E-state index contributed by atoms with van der Waals surface area (Å²) in [5.41, 5.74) is 2.47. The van der Waals surface area contributed by atoms with Crippen LogP contribution in [0.3, 0.4) is 0 Å². The zero-order valence-electron chi connectivity index (χ0n) is 19.0. The second-order valence-electron chi connectivity index (χ2n) is 9.50. The zero-order valence-corrected chi connectivity index (χ0v) is 19.0. The Morgan fingerprint density at radius 2 is 1.72 bits per heavy atom. The van der Waals surface area contributed by atoms with Crippen molar-refractivity contribution in [3.8, 4) is 11.8 Å². The molecule has 0 radical (unpaired) electrons. The minimum Gasteiger partial charge on any atom is -0.423 e. The van der Waals surface area contributed by atoms with Crippen LogP contribution in [0.5, 0.6) is 5.75 Å². The SMILES string of the molecule is C/C=C/CCC1CCC2CC(c3ccc(C(=O)Oc4ccc(C#N)cc4)cc3)CCC2C1. The standard InChI is InChI=1S/C29H33NO2/c1-2-3-4-5-21-6-9-27-19-26(15-14-25(27)18-21)23-10-12-24(13-11-23)29(31)32-28-16-7-22(20-30)8-17-28/h2-3,7-8,10-13,16-17,21,25-27H,4-6,9,14-15,18-19H2,1H3/b3-2+. The second-order valence-corrected chi connectivity index (χ2v) is 9.50. The molecule has 3 nitrogen and oxygen atoms in total. The summed E-state index contributed by atoms with van der Waals surface area (Å²) < 4.78 is 5.45. The number of rotatable bonds is 6. The van der Waals surface area contributed by atoms with Crippen LogP contribution in [0.15, 0.2) is 60.7 Å². The van der Waals surface area contributed by atoms with Crippen molar-refractivity contribution in [1.29, 1.82) is 5.26 Å². The van der Waals surface area contributed by atoms with Crippen LogP contribution in [0.25, 0.3) is 0 Å². The molecule has 4 rings (SSSR count). The van der Waals surface area contributed by atoms with E-state index >= 15 is 0 Å². The van der Waals surface area contributed by atoms with Crippen molar-refractivity contribution >= 4 is 5.97 Å². The lowest BCUT2D eigenvalue weighted by molar-refractivity contribution is 0.0734. The monoisotopic (exact) mass is 427 g/mol. The van der Waals surface area contributed by atoms with Crippen molar-refractivity contribution in [2.24, 2.45) is 17.8 Å². The first-order valence-corrected chi connectivity index (χ1v) is 12.1. The number of ether oxygens (including phenoxy) is 1. The molecule has 0 amide bonds. The lowest BCUT2D eigenvalue weighted by atomic mass is 9.63. The van der Waals surface area contributed by atoms with Crippen LogP contribution < -0.4 is 4.74 Å². The summed E-state index contributed by atoms with van der Waals surface area (Å²) in [6.07, 6.45) is 15.2. The van der Waals surface area contributed by atoms with Gasteiger partial charge in [0.05, 0.1) is 17.2 Å². The molecule has 2 aliphatic carbocycles. The summed E-state index contributed by atoms with van der Waals surface area (Å²) >= 11 is 0. The highest BCUT2D eigenvalue weighted by molar-refractivity contribution is 5.91. The third-order valence-corrected chi connectivity index (χ3v) is 7.51. The van der Waals surface area contributed by atoms with E-state index in [9.17, 15) is 4.79 Å². The Labute approximate surface area is 192 Å². The van der Waals surface area contributed by atoms with Crippen molar-refractivity contribution < 1.29 is 9.53 Å². The van der Waals surface area contributed by atoms with Crippen LogP contribution >= 0.6 is 0 Å². The number of nitrogens with zero attached hydrogens (tertiary/aromatic N) is 1. The smallest absolute Gasteiger partial charge is 0.343 e. The predicted octanol–water partition coefficient (Wildman–Crippen LogP) is 7.43. The highest BCUT2D eigenvalue weighted by Crippen LogP contribution is 2.48. The van der Waals surface area contributed by atoms with Crippen LogP contribution in [0.2, 0.25) is 0 Å². The van der Waals surface area contributed by atoms with Crippen LogP contribution in [-0.2, 0) is 0 Å². The molecule has 0 bridgehead atoms. The molecule has 0 aromatic heterocycles. The number of nitriles is 1. The molecule has 2 saturated carbocycles. The van der Waals surface area contributed by atoms with Gasteiger partial charge in [0.2, 0.25) is 0 Å². The van der Waals surface area contributed by atoms with Crippen LogP contribution in [0.4, 0.5) is 0 Å². The van der Waals surface area contributed by atoms with Crippen LogP contribution in [-0.4, -0.2) is 5.97 Å². The lowest BCUT2D eigenvalue weighted by Crippen LogP contribution is -2.30. The molecule has 2 fully saturated rings. The van der Waals surface area contributed by atoms with E-state index in [0.29, 0.717) is 22.8 Å². The Bertz CT molecular complexity index is 968. The predicted molar refractivity (Wildman–Crippen MR) is 128 cm³/mol. The molecular formula is C29H33NO2. The van der Waals surface area contributed by atoms with E-state index in [2.05, 4.69) is 37.3 Å². The summed E-state index contributed by atoms with van der Waals surface area (Å²) in [4.78, 5) is 12.5. The number of hydrogen-bond acceptors (Lipinski definition) is 3. The van der Waals surface area contributed by atoms with Gasteiger partial charge in [-0.2, -0.15) is 5.26 Å². The summed E-state index contributed by atoms with van der Waals surface area (Å²) in [6, 6.07) is 16.7. The quantitative estimate of drug-likeness (QED) is 0.273. The molecule has 0 N–H and O–H groups in total. The molecular weight excluding hydrogens is 394 g/mol. The van der Waals surface area contributed by atoms with E-state index in [4.69, 9.17) is 10.00 Å². The first-order chi connectivity index (χ1) is 15.7. The molecule has 32 heavy (non-hydrogen) atoms. The number of benzene rings is 2. The average molecular weight is 428 g/mol. The molecule has 0 aliphatic heterocycles. The number of hydrogen-bond donors (Lipinski definition) is 0. The summed E-state index contributed by atoms with van der Waals surface area (Å²) in [7, 11) is 0. The molecule has 2 aromatic rings. The second kappa shape index (κ2) is 10.6. The van der Waals surface area contributed by atoms with Gasteiger partial charge in [-0.25, -0.2) is 4.79 Å². The van der Waals surface area contributed by atoms with Crippen molar-refractivity contribution in [3.63, 3.8) is 0 Å². The van der Waals surface area contributed by atoms with E-state index < -0.39 is 0 Å². The number of esters is 1. The minimum absolute atomic E-state index is 0.360. The van der Waals surface area contributed by atoms with E-state index in [1.54, 1.807) is 24.3 Å². The molecule has 4 atom stereocenters.